The molecular weight excluding hydrogens is 274 g/mol. The standard InChI is InChI=1S/C14H17N3O4/c18-12-4-5-13(19)17(12)8-10-21-9-7-16-14(20)11-3-1-2-6-15-11/h1-3,6H,4-5,7-10H2,(H,16,20). The maximum absolute atomic E-state index is 11.6. The molecule has 0 spiro atoms. The summed E-state index contributed by atoms with van der Waals surface area (Å²) in [5.41, 5.74) is 0.353. The smallest absolute Gasteiger partial charge is 0.269 e. The highest BCUT2D eigenvalue weighted by Gasteiger charge is 2.28. The first-order chi connectivity index (χ1) is 10.2. The van der Waals surface area contributed by atoms with Gasteiger partial charge >= 0.3 is 0 Å². The molecule has 0 aromatic carbocycles. The van der Waals surface area contributed by atoms with E-state index in [4.69, 9.17) is 4.74 Å². The molecule has 0 aliphatic carbocycles. The van der Waals surface area contributed by atoms with Crippen LogP contribution in [0.15, 0.2) is 24.4 Å². The number of nitrogens with one attached hydrogen (secondary N) is 1. The number of nitrogens with zero attached hydrogens (tertiary/aromatic N) is 2. The van der Waals surface area contributed by atoms with Crippen LogP contribution in [0.4, 0.5) is 0 Å². The molecule has 7 heteroatoms. The SMILES string of the molecule is O=C(NCCOCCN1C(=O)CCC1=O)c1ccccn1. The van der Waals surface area contributed by atoms with Gasteiger partial charge in [-0.25, -0.2) is 0 Å². The second kappa shape index (κ2) is 7.49. The number of carbonyl (C=O) groups excluding carboxylic acids is 3. The van der Waals surface area contributed by atoms with Gasteiger partial charge in [0.25, 0.3) is 5.91 Å². The van der Waals surface area contributed by atoms with E-state index in [0.29, 0.717) is 31.7 Å². The lowest BCUT2D eigenvalue weighted by atomic mass is 10.3. The van der Waals surface area contributed by atoms with Crippen LogP contribution >= 0.6 is 0 Å². The van der Waals surface area contributed by atoms with Gasteiger partial charge in [-0.3, -0.25) is 24.3 Å². The van der Waals surface area contributed by atoms with Crippen LogP contribution in [0.3, 0.4) is 0 Å². The second-order valence-corrected chi connectivity index (χ2v) is 4.52. The average molecular weight is 291 g/mol. The zero-order chi connectivity index (χ0) is 15.1. The van der Waals surface area contributed by atoms with Gasteiger partial charge in [0, 0.05) is 25.6 Å². The number of aromatic nitrogens is 1. The number of carbonyl (C=O) groups is 3. The Labute approximate surface area is 122 Å². The maximum Gasteiger partial charge on any atom is 0.269 e. The van der Waals surface area contributed by atoms with E-state index in [1.165, 1.54) is 4.90 Å². The van der Waals surface area contributed by atoms with Gasteiger partial charge in [-0.1, -0.05) is 6.07 Å². The molecular formula is C14H17N3O4. The summed E-state index contributed by atoms with van der Waals surface area (Å²) in [5.74, 6) is -0.553. The summed E-state index contributed by atoms with van der Waals surface area (Å²) in [5, 5.41) is 2.67. The fourth-order valence-corrected chi connectivity index (χ4v) is 1.95. The number of hydrogen-bond acceptors (Lipinski definition) is 5. The third-order valence-corrected chi connectivity index (χ3v) is 3.04. The highest BCUT2D eigenvalue weighted by atomic mass is 16.5. The summed E-state index contributed by atoms with van der Waals surface area (Å²) in [6, 6.07) is 5.10. The number of rotatable bonds is 7. The molecule has 0 unspecified atom stereocenters. The first-order valence-electron chi connectivity index (χ1n) is 6.78. The van der Waals surface area contributed by atoms with E-state index in [0.717, 1.165) is 0 Å². The van der Waals surface area contributed by atoms with Crippen molar-refractivity contribution in [1.82, 2.24) is 15.2 Å². The van der Waals surface area contributed by atoms with Crippen molar-refractivity contribution in [2.45, 2.75) is 12.8 Å². The number of ether oxygens (including phenoxy) is 1. The van der Waals surface area contributed by atoms with Gasteiger partial charge in [-0.2, -0.15) is 0 Å². The van der Waals surface area contributed by atoms with E-state index in [2.05, 4.69) is 10.3 Å². The van der Waals surface area contributed by atoms with Gasteiger partial charge in [0.2, 0.25) is 11.8 Å². The van der Waals surface area contributed by atoms with E-state index >= 15 is 0 Å². The largest absolute Gasteiger partial charge is 0.378 e. The molecule has 2 rings (SSSR count). The summed E-state index contributed by atoms with van der Waals surface area (Å²) in [4.78, 5) is 39.5. The third-order valence-electron chi connectivity index (χ3n) is 3.04. The quantitative estimate of drug-likeness (QED) is 0.563. The van der Waals surface area contributed by atoms with Gasteiger partial charge < -0.3 is 10.1 Å². The Balaban J connectivity index is 1.57. The van der Waals surface area contributed by atoms with Crippen LogP contribution in [-0.2, 0) is 14.3 Å². The molecule has 0 bridgehead atoms. The highest BCUT2D eigenvalue weighted by molar-refractivity contribution is 6.01. The molecule has 0 saturated carbocycles. The number of hydrogen-bond donors (Lipinski definition) is 1. The normalized spacial score (nSPS) is 14.6. The zero-order valence-electron chi connectivity index (χ0n) is 11.6. The van der Waals surface area contributed by atoms with E-state index < -0.39 is 0 Å². The molecule has 0 radical (unpaired) electrons. The summed E-state index contributed by atoms with van der Waals surface area (Å²) < 4.78 is 5.30. The fraction of sp³-hybridized carbons (Fsp3) is 0.429. The number of amides is 3. The van der Waals surface area contributed by atoms with Crippen molar-refractivity contribution in [3.05, 3.63) is 30.1 Å². The molecule has 7 nitrogen and oxygen atoms in total. The topological polar surface area (TPSA) is 88.6 Å². The third kappa shape index (κ3) is 4.35. The Morgan fingerprint density at radius 2 is 2.00 bits per heavy atom. The molecule has 21 heavy (non-hydrogen) atoms. The van der Waals surface area contributed by atoms with Crippen molar-refractivity contribution < 1.29 is 19.1 Å². The number of likely N-dealkylation sites (tertiary alicyclic amines) is 1. The highest BCUT2D eigenvalue weighted by Crippen LogP contribution is 2.10. The van der Waals surface area contributed by atoms with Crippen molar-refractivity contribution in [2.75, 3.05) is 26.3 Å². The van der Waals surface area contributed by atoms with E-state index in [1.807, 2.05) is 0 Å². The molecule has 2 heterocycles. The minimum Gasteiger partial charge on any atom is -0.378 e. The zero-order valence-corrected chi connectivity index (χ0v) is 11.6. The van der Waals surface area contributed by atoms with Gasteiger partial charge in [0.15, 0.2) is 0 Å². The minimum absolute atomic E-state index is 0.146. The van der Waals surface area contributed by atoms with Gasteiger partial charge in [0.05, 0.1) is 19.8 Å². The molecule has 1 aromatic heterocycles. The van der Waals surface area contributed by atoms with Crippen molar-refractivity contribution in [3.63, 3.8) is 0 Å². The molecule has 1 aromatic rings. The number of imide groups is 1. The Hall–Kier alpha value is -2.28. The summed E-state index contributed by atoms with van der Waals surface area (Å²) in [7, 11) is 0. The predicted molar refractivity (Wildman–Crippen MR) is 73.3 cm³/mol. The second-order valence-electron chi connectivity index (χ2n) is 4.52. The van der Waals surface area contributed by atoms with Crippen LogP contribution in [0.1, 0.15) is 23.3 Å². The van der Waals surface area contributed by atoms with Crippen LogP contribution in [0, 0.1) is 0 Å². The molecule has 1 aliphatic heterocycles. The lowest BCUT2D eigenvalue weighted by molar-refractivity contribution is -0.139. The molecule has 3 amide bonds. The van der Waals surface area contributed by atoms with E-state index in [9.17, 15) is 14.4 Å². The number of pyridine rings is 1. The van der Waals surface area contributed by atoms with Crippen molar-refractivity contribution in [3.8, 4) is 0 Å². The minimum atomic E-state index is -0.260. The lowest BCUT2D eigenvalue weighted by Gasteiger charge is -2.13. The molecule has 0 atom stereocenters. The van der Waals surface area contributed by atoms with Crippen LogP contribution in [0.25, 0.3) is 0 Å². The summed E-state index contributed by atoms with van der Waals surface area (Å²) in [6.45, 7) is 1.20. The fourth-order valence-electron chi connectivity index (χ4n) is 1.95. The van der Waals surface area contributed by atoms with Gasteiger partial charge in [-0.05, 0) is 12.1 Å². The Morgan fingerprint density at radius 1 is 1.24 bits per heavy atom. The Kier molecular flexibility index (Phi) is 5.39. The molecule has 1 aliphatic rings. The monoisotopic (exact) mass is 291 g/mol. The van der Waals surface area contributed by atoms with Crippen LogP contribution in [0.2, 0.25) is 0 Å². The first-order valence-corrected chi connectivity index (χ1v) is 6.78. The lowest BCUT2D eigenvalue weighted by Crippen LogP contribution is -2.33. The summed E-state index contributed by atoms with van der Waals surface area (Å²) in [6.07, 6.45) is 2.13. The molecule has 1 fully saturated rings. The van der Waals surface area contributed by atoms with Gasteiger partial charge in [0.1, 0.15) is 5.69 Å². The molecule has 112 valence electrons. The summed E-state index contributed by atoms with van der Waals surface area (Å²) >= 11 is 0. The van der Waals surface area contributed by atoms with Crippen LogP contribution in [0.5, 0.6) is 0 Å². The Bertz CT molecular complexity index is 502. The predicted octanol–water partition coefficient (Wildman–Crippen LogP) is -0.0230. The van der Waals surface area contributed by atoms with Crippen LogP contribution < -0.4 is 5.32 Å². The molecule has 1 N–H and O–H groups in total. The van der Waals surface area contributed by atoms with Crippen molar-refractivity contribution in [2.24, 2.45) is 0 Å². The molecule has 1 saturated heterocycles. The van der Waals surface area contributed by atoms with E-state index in [-0.39, 0.29) is 30.9 Å². The Morgan fingerprint density at radius 3 is 2.67 bits per heavy atom. The van der Waals surface area contributed by atoms with E-state index in [1.54, 1.807) is 24.4 Å². The first kappa shape index (κ1) is 15.1. The maximum atomic E-state index is 11.6. The van der Waals surface area contributed by atoms with Crippen molar-refractivity contribution in [1.29, 1.82) is 0 Å². The van der Waals surface area contributed by atoms with Crippen molar-refractivity contribution >= 4 is 17.7 Å². The average Bonchev–Trinajstić information content (AvgIpc) is 2.82. The van der Waals surface area contributed by atoms with Gasteiger partial charge in [-0.15, -0.1) is 0 Å². The van der Waals surface area contributed by atoms with Crippen LogP contribution in [-0.4, -0.2) is 53.9 Å².